The third-order valence-electron chi connectivity index (χ3n) is 2.34. The molecule has 0 aliphatic heterocycles. The normalized spacial score (nSPS) is 11.5. The van der Waals surface area contributed by atoms with Gasteiger partial charge in [0, 0.05) is 0 Å². The van der Waals surface area contributed by atoms with E-state index in [2.05, 4.69) is 13.8 Å². The van der Waals surface area contributed by atoms with Crippen LogP contribution in [0, 0.1) is 0 Å². The summed E-state index contributed by atoms with van der Waals surface area (Å²) in [5.74, 6) is 0. The lowest BCUT2D eigenvalue weighted by Crippen LogP contribution is -1.83. The fourth-order valence-electron chi connectivity index (χ4n) is 1.41. The molecule has 0 spiro atoms. The van der Waals surface area contributed by atoms with Gasteiger partial charge in [0.2, 0.25) is 0 Å². The van der Waals surface area contributed by atoms with E-state index < -0.39 is 0 Å². The molecule has 0 aromatic heterocycles. The summed E-state index contributed by atoms with van der Waals surface area (Å²) in [5, 5.41) is 0. The van der Waals surface area contributed by atoms with E-state index in [-0.39, 0.29) is 0 Å². The Kier molecular flexibility index (Phi) is 12.8. The molecule has 0 N–H and O–H groups in total. The molecule has 0 atom stereocenters. The summed E-state index contributed by atoms with van der Waals surface area (Å²) in [5.41, 5.74) is 0. The van der Waals surface area contributed by atoms with E-state index in [9.17, 15) is 0 Å². The first-order valence-electron chi connectivity index (χ1n) is 6.05. The highest BCUT2D eigenvalue weighted by Crippen LogP contribution is 2.16. The molecule has 1 radical (unpaired) electrons. The smallest absolute Gasteiger partial charge is 0.0287 e. The number of hydrogen-bond donors (Lipinski definition) is 0. The Morgan fingerprint density at radius 1 is 0.615 bits per heavy atom. The van der Waals surface area contributed by atoms with Crippen LogP contribution in [0.15, 0.2) is 0 Å². The predicted octanol–water partition coefficient (Wildman–Crippen LogP) is 5.09. The van der Waals surface area contributed by atoms with Crippen molar-refractivity contribution in [2.75, 3.05) is 12.3 Å². The van der Waals surface area contributed by atoms with Crippen LogP contribution in [0.25, 0.3) is 0 Å². The minimum absolute atomic E-state index is 1.37. The van der Waals surface area contributed by atoms with E-state index in [1.165, 1.54) is 63.7 Å². The molecule has 0 aliphatic carbocycles. The van der Waals surface area contributed by atoms with Gasteiger partial charge in [-0.05, 0) is 25.2 Å². The van der Waals surface area contributed by atoms with Crippen LogP contribution < -0.4 is 0 Å². The average Bonchev–Trinajstić information content (AvgIpc) is 2.16. The molecule has 13 heavy (non-hydrogen) atoms. The highest BCUT2D eigenvalue weighted by atomic mass is 31.1. The molecular weight excluding hydrogens is 175 g/mol. The van der Waals surface area contributed by atoms with Crippen LogP contribution in [0.3, 0.4) is 0 Å². The van der Waals surface area contributed by atoms with E-state index in [1.807, 2.05) is 0 Å². The minimum Gasteiger partial charge on any atom is -0.0810 e. The molecule has 0 rings (SSSR count). The van der Waals surface area contributed by atoms with Crippen LogP contribution in [0.4, 0.5) is 0 Å². The third-order valence-corrected chi connectivity index (χ3v) is 3.60. The van der Waals surface area contributed by atoms with Gasteiger partial charge in [-0.3, -0.25) is 0 Å². The van der Waals surface area contributed by atoms with Crippen molar-refractivity contribution in [2.24, 2.45) is 0 Å². The Bertz CT molecular complexity index is 71.2. The number of unbranched alkanes of at least 4 members (excludes halogenated alkanes) is 6. The van der Waals surface area contributed by atoms with Crippen LogP contribution in [0.5, 0.6) is 0 Å². The maximum atomic E-state index is 2.28. The molecule has 0 bridgehead atoms. The number of hydrogen-bond acceptors (Lipinski definition) is 0. The lowest BCUT2D eigenvalue weighted by molar-refractivity contribution is 0.658. The zero-order chi connectivity index (χ0) is 9.78. The Labute approximate surface area is 86.7 Å². The summed E-state index contributed by atoms with van der Waals surface area (Å²) in [4.78, 5) is 0. The summed E-state index contributed by atoms with van der Waals surface area (Å²) < 4.78 is 0. The van der Waals surface area contributed by atoms with Crippen molar-refractivity contribution in [2.45, 2.75) is 65.2 Å². The molecule has 0 aromatic carbocycles. The van der Waals surface area contributed by atoms with Crippen molar-refractivity contribution >= 4 is 8.58 Å². The lowest BCUT2D eigenvalue weighted by atomic mass is 10.2. The second-order valence-electron chi connectivity index (χ2n) is 3.79. The molecule has 79 valence electrons. The fourth-order valence-corrected chi connectivity index (χ4v) is 2.53. The van der Waals surface area contributed by atoms with E-state index in [0.717, 1.165) is 0 Å². The molecule has 0 fully saturated rings. The first-order chi connectivity index (χ1) is 6.41. The molecule has 0 nitrogen and oxygen atoms in total. The highest BCUT2D eigenvalue weighted by molar-refractivity contribution is 7.37. The van der Waals surface area contributed by atoms with Crippen molar-refractivity contribution in [3.05, 3.63) is 0 Å². The van der Waals surface area contributed by atoms with Crippen LogP contribution >= 0.6 is 8.58 Å². The SMILES string of the molecule is CCCCCCC[P]CCCCC. The van der Waals surface area contributed by atoms with Gasteiger partial charge in [0.15, 0.2) is 0 Å². The van der Waals surface area contributed by atoms with Gasteiger partial charge in [0.1, 0.15) is 0 Å². The quantitative estimate of drug-likeness (QED) is 0.341. The van der Waals surface area contributed by atoms with E-state index in [1.54, 1.807) is 8.58 Å². The molecule has 0 saturated carbocycles. The molecule has 0 unspecified atom stereocenters. The molecular formula is C12H26P. The minimum atomic E-state index is 1.37. The van der Waals surface area contributed by atoms with Crippen LogP contribution in [-0.4, -0.2) is 12.3 Å². The van der Waals surface area contributed by atoms with E-state index >= 15 is 0 Å². The molecule has 0 amide bonds. The topological polar surface area (TPSA) is 0 Å². The number of rotatable bonds is 10. The van der Waals surface area contributed by atoms with Gasteiger partial charge < -0.3 is 0 Å². The Balaban J connectivity index is 2.76. The average molecular weight is 201 g/mol. The summed E-state index contributed by atoms with van der Waals surface area (Å²) in [6, 6.07) is 0. The molecule has 0 saturated heterocycles. The van der Waals surface area contributed by atoms with Gasteiger partial charge in [0.25, 0.3) is 0 Å². The predicted molar refractivity (Wildman–Crippen MR) is 64.9 cm³/mol. The highest BCUT2D eigenvalue weighted by Gasteiger charge is 1.91. The first-order valence-corrected chi connectivity index (χ1v) is 7.31. The van der Waals surface area contributed by atoms with Gasteiger partial charge in [-0.2, -0.15) is 0 Å². The van der Waals surface area contributed by atoms with Gasteiger partial charge >= 0.3 is 0 Å². The Hall–Kier alpha value is 0.430. The summed E-state index contributed by atoms with van der Waals surface area (Å²) in [7, 11) is 1.70. The zero-order valence-corrected chi connectivity index (χ0v) is 10.4. The van der Waals surface area contributed by atoms with Crippen molar-refractivity contribution in [1.82, 2.24) is 0 Å². The van der Waals surface area contributed by atoms with Gasteiger partial charge in [-0.25, -0.2) is 0 Å². The maximum absolute atomic E-state index is 2.28. The van der Waals surface area contributed by atoms with Crippen LogP contribution in [-0.2, 0) is 0 Å². The first kappa shape index (κ1) is 13.4. The van der Waals surface area contributed by atoms with E-state index in [0.29, 0.717) is 0 Å². The van der Waals surface area contributed by atoms with E-state index in [4.69, 9.17) is 0 Å². The van der Waals surface area contributed by atoms with Crippen molar-refractivity contribution in [1.29, 1.82) is 0 Å². The van der Waals surface area contributed by atoms with Gasteiger partial charge in [-0.1, -0.05) is 61.0 Å². The molecule has 0 heterocycles. The fraction of sp³-hybridized carbons (Fsp3) is 1.00. The van der Waals surface area contributed by atoms with Crippen molar-refractivity contribution in [3.63, 3.8) is 0 Å². The standard InChI is InChI=1S/C12H26P/c1-3-5-7-8-10-12-13-11-9-6-4-2/h3-12H2,1-2H3. The summed E-state index contributed by atoms with van der Waals surface area (Å²) in [6.45, 7) is 4.56. The maximum Gasteiger partial charge on any atom is -0.0287 e. The Morgan fingerprint density at radius 2 is 1.08 bits per heavy atom. The zero-order valence-electron chi connectivity index (χ0n) is 9.52. The monoisotopic (exact) mass is 201 g/mol. The van der Waals surface area contributed by atoms with Gasteiger partial charge in [-0.15, -0.1) is 0 Å². The molecule has 1 heteroatoms. The Morgan fingerprint density at radius 3 is 1.69 bits per heavy atom. The second kappa shape index (κ2) is 12.4. The van der Waals surface area contributed by atoms with Crippen molar-refractivity contribution in [3.8, 4) is 0 Å². The van der Waals surface area contributed by atoms with Crippen LogP contribution in [0.1, 0.15) is 65.2 Å². The molecule has 0 aromatic rings. The second-order valence-corrected chi connectivity index (χ2v) is 5.13. The lowest BCUT2D eigenvalue weighted by Gasteiger charge is -2.00. The summed E-state index contributed by atoms with van der Waals surface area (Å²) >= 11 is 0. The van der Waals surface area contributed by atoms with Gasteiger partial charge in [0.05, 0.1) is 0 Å². The largest absolute Gasteiger partial charge is 0.0810 e. The third kappa shape index (κ3) is 12.4. The molecule has 0 aliphatic rings. The summed E-state index contributed by atoms with van der Waals surface area (Å²) in [6.07, 6.45) is 14.3. The van der Waals surface area contributed by atoms with Crippen LogP contribution in [0.2, 0.25) is 0 Å². The van der Waals surface area contributed by atoms with Crippen molar-refractivity contribution < 1.29 is 0 Å².